The van der Waals surface area contributed by atoms with Gasteiger partial charge in [-0.25, -0.2) is 12.7 Å². The fourth-order valence-electron chi connectivity index (χ4n) is 1.87. The second-order valence-corrected chi connectivity index (χ2v) is 7.13. The molecule has 1 aliphatic rings. The van der Waals surface area contributed by atoms with E-state index >= 15 is 0 Å². The van der Waals surface area contributed by atoms with Crippen molar-refractivity contribution in [2.45, 2.75) is 25.0 Å². The van der Waals surface area contributed by atoms with Gasteiger partial charge in [-0.2, -0.15) is 0 Å². The van der Waals surface area contributed by atoms with Crippen LogP contribution in [0.3, 0.4) is 0 Å². The molecule has 0 atom stereocenters. The molecule has 0 radical (unpaired) electrons. The summed E-state index contributed by atoms with van der Waals surface area (Å²) < 4.78 is 23.5. The van der Waals surface area contributed by atoms with Crippen LogP contribution in [0.1, 0.15) is 19.4 Å². The lowest BCUT2D eigenvalue weighted by molar-refractivity contribution is -0.120. The van der Waals surface area contributed by atoms with E-state index in [1.54, 1.807) is 24.3 Å². The molecule has 0 saturated carbocycles. The largest absolute Gasteiger partial charge is 0.330 e. The topological polar surface area (TPSA) is 80.5 Å². The maximum absolute atomic E-state index is 12.0. The Bertz CT molecular complexity index is 576. The quantitative estimate of drug-likeness (QED) is 0.872. The molecule has 98 valence electrons. The van der Waals surface area contributed by atoms with E-state index in [9.17, 15) is 13.2 Å². The number of hydrogen-bond donors (Lipinski definition) is 1. The van der Waals surface area contributed by atoms with Crippen molar-refractivity contribution in [3.63, 3.8) is 0 Å². The smallest absolute Gasteiger partial charge is 0.263 e. The first-order valence-corrected chi connectivity index (χ1v) is 7.14. The molecule has 1 aromatic rings. The van der Waals surface area contributed by atoms with E-state index in [0.717, 1.165) is 16.3 Å². The monoisotopic (exact) mass is 268 g/mol. The first kappa shape index (κ1) is 13.0. The van der Waals surface area contributed by atoms with Crippen LogP contribution in [-0.4, -0.2) is 25.6 Å². The molecular formula is C12H16N2O3S. The molecule has 6 heteroatoms. The molecule has 1 heterocycles. The number of amides is 1. The van der Waals surface area contributed by atoms with Gasteiger partial charge in [-0.05, 0) is 44.5 Å². The molecule has 1 aromatic carbocycles. The van der Waals surface area contributed by atoms with E-state index in [1.807, 2.05) is 0 Å². The minimum Gasteiger partial charge on any atom is -0.330 e. The summed E-state index contributed by atoms with van der Waals surface area (Å²) in [4.78, 5) is 11.8. The third kappa shape index (κ3) is 1.64. The van der Waals surface area contributed by atoms with Crippen LogP contribution in [0.25, 0.3) is 0 Å². The van der Waals surface area contributed by atoms with Crippen molar-refractivity contribution in [1.82, 2.24) is 0 Å². The minimum absolute atomic E-state index is 0.389. The lowest BCUT2D eigenvalue weighted by Gasteiger charge is -2.42. The van der Waals surface area contributed by atoms with Gasteiger partial charge in [0.1, 0.15) is 0 Å². The van der Waals surface area contributed by atoms with Gasteiger partial charge in [0, 0.05) is 0 Å². The molecule has 2 N–H and O–H groups in total. The number of hydrogen-bond acceptors (Lipinski definition) is 4. The van der Waals surface area contributed by atoms with Crippen molar-refractivity contribution >= 4 is 21.6 Å². The van der Waals surface area contributed by atoms with Crippen molar-refractivity contribution in [2.24, 2.45) is 5.73 Å². The normalized spacial score (nSPS) is 20.6. The highest BCUT2D eigenvalue weighted by molar-refractivity contribution is 7.98. The second-order valence-electron chi connectivity index (χ2n) is 4.79. The standard InChI is InChI=1S/C12H16N2O3S/c1-12(2)11(15)14(18(12,16)17)10-5-3-9(4-6-10)7-8-13/h3-6H,7-8,13H2,1-2H3. The first-order chi connectivity index (χ1) is 8.32. The summed E-state index contributed by atoms with van der Waals surface area (Å²) >= 11 is 0. The molecule has 1 amide bonds. The lowest BCUT2D eigenvalue weighted by Crippen LogP contribution is -2.67. The molecule has 1 aliphatic heterocycles. The van der Waals surface area contributed by atoms with Crippen LogP contribution in [0.2, 0.25) is 0 Å². The van der Waals surface area contributed by atoms with Gasteiger partial charge >= 0.3 is 0 Å². The van der Waals surface area contributed by atoms with Gasteiger partial charge in [0.25, 0.3) is 15.9 Å². The number of rotatable bonds is 3. The van der Waals surface area contributed by atoms with Gasteiger partial charge in [-0.15, -0.1) is 0 Å². The summed E-state index contributed by atoms with van der Waals surface area (Å²) in [7, 11) is -3.57. The summed E-state index contributed by atoms with van der Waals surface area (Å²) in [5.41, 5.74) is 6.84. The Hall–Kier alpha value is -1.40. The highest BCUT2D eigenvalue weighted by Crippen LogP contribution is 2.38. The summed E-state index contributed by atoms with van der Waals surface area (Å²) in [5.74, 6) is -0.394. The number of carbonyl (C=O) groups excluding carboxylic acids is 1. The summed E-state index contributed by atoms with van der Waals surface area (Å²) in [6.45, 7) is 3.38. The predicted molar refractivity (Wildman–Crippen MR) is 69.7 cm³/mol. The SMILES string of the molecule is CC1(C)C(=O)N(c2ccc(CCN)cc2)S1(=O)=O. The zero-order valence-corrected chi connectivity index (χ0v) is 11.2. The Morgan fingerprint density at radius 2 is 1.78 bits per heavy atom. The predicted octanol–water partition coefficient (Wildman–Crippen LogP) is 0.643. The highest BCUT2D eigenvalue weighted by atomic mass is 32.2. The van der Waals surface area contributed by atoms with E-state index in [4.69, 9.17) is 5.73 Å². The zero-order valence-electron chi connectivity index (χ0n) is 10.4. The number of carbonyl (C=O) groups is 1. The Morgan fingerprint density at radius 1 is 1.22 bits per heavy atom. The Balaban J connectivity index is 2.32. The molecule has 0 aromatic heterocycles. The average Bonchev–Trinajstić information content (AvgIpc) is 2.31. The highest BCUT2D eigenvalue weighted by Gasteiger charge is 2.60. The van der Waals surface area contributed by atoms with Crippen molar-refractivity contribution in [1.29, 1.82) is 0 Å². The average molecular weight is 268 g/mol. The molecular weight excluding hydrogens is 252 g/mol. The van der Waals surface area contributed by atoms with E-state index < -0.39 is 20.7 Å². The maximum atomic E-state index is 12.0. The molecule has 0 aliphatic carbocycles. The van der Waals surface area contributed by atoms with Gasteiger partial charge < -0.3 is 5.73 Å². The van der Waals surface area contributed by atoms with Crippen LogP contribution in [0.15, 0.2) is 24.3 Å². The van der Waals surface area contributed by atoms with E-state index in [0.29, 0.717) is 12.2 Å². The maximum Gasteiger partial charge on any atom is 0.263 e. The summed E-state index contributed by atoms with van der Waals surface area (Å²) in [6.07, 6.45) is 0.729. The van der Waals surface area contributed by atoms with Crippen molar-refractivity contribution in [2.75, 3.05) is 10.8 Å². The van der Waals surface area contributed by atoms with Gasteiger partial charge in [0.2, 0.25) is 0 Å². The molecule has 0 unspecified atom stereocenters. The van der Waals surface area contributed by atoms with Crippen LogP contribution in [-0.2, 0) is 21.2 Å². The van der Waals surface area contributed by atoms with Crippen molar-refractivity contribution in [3.05, 3.63) is 29.8 Å². The molecule has 2 rings (SSSR count). The number of nitrogens with two attached hydrogens (primary N) is 1. The van der Waals surface area contributed by atoms with Crippen LogP contribution >= 0.6 is 0 Å². The number of sulfonamides is 1. The third-order valence-corrected chi connectivity index (χ3v) is 5.51. The van der Waals surface area contributed by atoms with Crippen LogP contribution in [0.4, 0.5) is 5.69 Å². The Kier molecular flexibility index (Phi) is 2.95. The zero-order chi connectivity index (χ0) is 13.6. The number of anilines is 1. The summed E-state index contributed by atoms with van der Waals surface area (Å²) in [6, 6.07) is 6.85. The van der Waals surface area contributed by atoms with Crippen LogP contribution < -0.4 is 10.0 Å². The molecule has 0 spiro atoms. The van der Waals surface area contributed by atoms with Crippen LogP contribution in [0.5, 0.6) is 0 Å². The van der Waals surface area contributed by atoms with E-state index in [1.165, 1.54) is 13.8 Å². The Labute approximate surface area is 107 Å². The van der Waals surface area contributed by atoms with E-state index in [2.05, 4.69) is 0 Å². The van der Waals surface area contributed by atoms with Crippen molar-refractivity contribution < 1.29 is 13.2 Å². The van der Waals surface area contributed by atoms with Gasteiger partial charge in [-0.1, -0.05) is 12.1 Å². The van der Waals surface area contributed by atoms with Gasteiger partial charge in [-0.3, -0.25) is 4.79 Å². The molecule has 1 fully saturated rings. The van der Waals surface area contributed by atoms with Gasteiger partial charge in [0.15, 0.2) is 4.75 Å². The van der Waals surface area contributed by atoms with Gasteiger partial charge in [0.05, 0.1) is 5.69 Å². The molecule has 5 nitrogen and oxygen atoms in total. The summed E-state index contributed by atoms with van der Waals surface area (Å²) in [5, 5.41) is 0. The second kappa shape index (κ2) is 4.07. The third-order valence-electron chi connectivity index (χ3n) is 3.19. The molecule has 0 bridgehead atoms. The minimum atomic E-state index is -3.57. The van der Waals surface area contributed by atoms with Crippen molar-refractivity contribution in [3.8, 4) is 0 Å². The van der Waals surface area contributed by atoms with Crippen LogP contribution in [0, 0.1) is 0 Å². The molecule has 18 heavy (non-hydrogen) atoms. The number of benzene rings is 1. The fraction of sp³-hybridized carbons (Fsp3) is 0.417. The number of nitrogens with zero attached hydrogens (tertiary/aromatic N) is 1. The lowest BCUT2D eigenvalue weighted by atomic mass is 10.1. The molecule has 1 saturated heterocycles. The fourth-order valence-corrected chi connectivity index (χ4v) is 3.36. The Morgan fingerprint density at radius 3 is 2.22 bits per heavy atom. The van der Waals surface area contributed by atoms with E-state index in [-0.39, 0.29) is 0 Å². The first-order valence-electron chi connectivity index (χ1n) is 5.70.